The number of ether oxygens (including phenoxy) is 2. The zero-order valence-corrected chi connectivity index (χ0v) is 16.8. The first kappa shape index (κ1) is 21.3. The lowest BCUT2D eigenvalue weighted by molar-refractivity contribution is -0.137. The molecule has 0 aliphatic heterocycles. The number of rotatable bonds is 7. The van der Waals surface area contributed by atoms with Gasteiger partial charge in [0.1, 0.15) is 0 Å². The summed E-state index contributed by atoms with van der Waals surface area (Å²) in [5.41, 5.74) is 0.196. The van der Waals surface area contributed by atoms with Gasteiger partial charge in [0.2, 0.25) is 0 Å². The van der Waals surface area contributed by atoms with E-state index in [9.17, 15) is 18.0 Å². The summed E-state index contributed by atoms with van der Waals surface area (Å²) >= 11 is 2.07. The molecule has 0 atom stereocenters. The number of hydrogen-bond donors (Lipinski definition) is 2. The summed E-state index contributed by atoms with van der Waals surface area (Å²) in [5, 5.41) is 5.43. The molecule has 0 spiro atoms. The molecule has 146 valence electrons. The molecule has 9 heteroatoms. The summed E-state index contributed by atoms with van der Waals surface area (Å²) in [6.45, 7) is 0.274. The molecule has 0 aromatic heterocycles. The number of halogens is 4. The second kappa shape index (κ2) is 9.27. The standard InChI is InChI=1S/C18H18F3IN2O3/c1-23-9-11-6-14(22)17(15(7-11)26-2)27-10-16(25)24-13-5-3-4-12(8-13)18(19,20)21/h3-8,23H,9-10H2,1-2H3,(H,24,25). The van der Waals surface area contributed by atoms with E-state index < -0.39 is 17.6 Å². The fourth-order valence-electron chi connectivity index (χ4n) is 2.33. The highest BCUT2D eigenvalue weighted by Crippen LogP contribution is 2.34. The number of amides is 1. The fraction of sp³-hybridized carbons (Fsp3) is 0.278. The smallest absolute Gasteiger partial charge is 0.416 e. The first-order valence-corrected chi connectivity index (χ1v) is 8.93. The van der Waals surface area contributed by atoms with Crippen molar-refractivity contribution in [2.75, 3.05) is 26.1 Å². The quantitative estimate of drug-likeness (QED) is 0.571. The van der Waals surface area contributed by atoms with Gasteiger partial charge in [-0.3, -0.25) is 4.79 Å². The van der Waals surface area contributed by atoms with Crippen LogP contribution < -0.4 is 20.1 Å². The Kier molecular flexibility index (Phi) is 7.31. The van der Waals surface area contributed by atoms with Crippen molar-refractivity contribution in [2.45, 2.75) is 12.7 Å². The van der Waals surface area contributed by atoms with Gasteiger partial charge in [0.05, 0.1) is 16.2 Å². The van der Waals surface area contributed by atoms with Gasteiger partial charge >= 0.3 is 6.18 Å². The van der Waals surface area contributed by atoms with Gasteiger partial charge in [-0.15, -0.1) is 0 Å². The van der Waals surface area contributed by atoms with Crippen LogP contribution in [0.25, 0.3) is 0 Å². The predicted molar refractivity (Wildman–Crippen MR) is 104 cm³/mol. The maximum Gasteiger partial charge on any atom is 0.416 e. The molecule has 0 saturated heterocycles. The molecule has 0 bridgehead atoms. The Hall–Kier alpha value is -2.01. The number of benzene rings is 2. The summed E-state index contributed by atoms with van der Waals surface area (Å²) in [5.74, 6) is 0.294. The van der Waals surface area contributed by atoms with Crippen LogP contribution >= 0.6 is 22.6 Å². The minimum absolute atomic E-state index is 0.0458. The topological polar surface area (TPSA) is 59.6 Å². The lowest BCUT2D eigenvalue weighted by Gasteiger charge is -2.15. The van der Waals surface area contributed by atoms with Crippen molar-refractivity contribution in [1.29, 1.82) is 0 Å². The Morgan fingerprint density at radius 2 is 1.96 bits per heavy atom. The molecule has 0 aliphatic carbocycles. The first-order chi connectivity index (χ1) is 12.7. The van der Waals surface area contributed by atoms with Gasteiger partial charge in [0, 0.05) is 12.2 Å². The molecule has 27 heavy (non-hydrogen) atoms. The molecular weight excluding hydrogens is 476 g/mol. The summed E-state index contributed by atoms with van der Waals surface area (Å²) in [6, 6.07) is 8.09. The van der Waals surface area contributed by atoms with Crippen LogP contribution in [0.2, 0.25) is 0 Å². The lowest BCUT2D eigenvalue weighted by atomic mass is 10.2. The van der Waals surface area contributed by atoms with Crippen LogP contribution in [0.5, 0.6) is 11.5 Å². The van der Waals surface area contributed by atoms with Crippen LogP contribution in [-0.2, 0) is 17.5 Å². The number of carbonyl (C=O) groups is 1. The van der Waals surface area contributed by atoms with Gasteiger partial charge in [-0.2, -0.15) is 13.2 Å². The van der Waals surface area contributed by atoms with Crippen molar-refractivity contribution < 1.29 is 27.4 Å². The highest BCUT2D eigenvalue weighted by Gasteiger charge is 2.30. The second-order valence-electron chi connectivity index (χ2n) is 5.55. The minimum atomic E-state index is -4.48. The molecule has 2 rings (SSSR count). The number of carbonyl (C=O) groups excluding carboxylic acids is 1. The molecule has 2 aromatic rings. The lowest BCUT2D eigenvalue weighted by Crippen LogP contribution is -2.21. The molecular formula is C18H18F3IN2O3. The maximum atomic E-state index is 12.7. The number of alkyl halides is 3. The average molecular weight is 494 g/mol. The van der Waals surface area contributed by atoms with E-state index in [-0.39, 0.29) is 12.3 Å². The number of methoxy groups -OCH3 is 1. The third-order valence-corrected chi connectivity index (χ3v) is 4.29. The summed E-state index contributed by atoms with van der Waals surface area (Å²) in [4.78, 5) is 12.1. The van der Waals surface area contributed by atoms with Gasteiger partial charge < -0.3 is 20.1 Å². The van der Waals surface area contributed by atoms with Gasteiger partial charge in [-0.05, 0) is 65.5 Å². The number of hydrogen-bond acceptors (Lipinski definition) is 4. The van der Waals surface area contributed by atoms with Crippen LogP contribution in [0.1, 0.15) is 11.1 Å². The van der Waals surface area contributed by atoms with E-state index in [0.29, 0.717) is 18.0 Å². The molecule has 1 amide bonds. The second-order valence-corrected chi connectivity index (χ2v) is 6.72. The van der Waals surface area contributed by atoms with E-state index in [0.717, 1.165) is 21.3 Å². The minimum Gasteiger partial charge on any atom is -0.493 e. The van der Waals surface area contributed by atoms with E-state index in [1.165, 1.54) is 19.2 Å². The van der Waals surface area contributed by atoms with Gasteiger partial charge in [-0.25, -0.2) is 0 Å². The predicted octanol–water partition coefficient (Wildman–Crippen LogP) is 4.06. The van der Waals surface area contributed by atoms with Crippen LogP contribution in [0, 0.1) is 3.57 Å². The largest absolute Gasteiger partial charge is 0.493 e. The van der Waals surface area contributed by atoms with Crippen LogP contribution in [0.3, 0.4) is 0 Å². The van der Waals surface area contributed by atoms with Crippen LogP contribution in [0.15, 0.2) is 36.4 Å². The Morgan fingerprint density at radius 1 is 1.22 bits per heavy atom. The van der Waals surface area contributed by atoms with Crippen molar-refractivity contribution in [3.8, 4) is 11.5 Å². The molecule has 2 aromatic carbocycles. The van der Waals surface area contributed by atoms with E-state index in [1.807, 2.05) is 13.1 Å². The van der Waals surface area contributed by atoms with E-state index in [1.54, 1.807) is 6.07 Å². The monoisotopic (exact) mass is 494 g/mol. The van der Waals surface area contributed by atoms with Crippen LogP contribution in [-0.4, -0.2) is 26.7 Å². The third-order valence-electron chi connectivity index (χ3n) is 3.49. The molecule has 0 unspecified atom stereocenters. The summed E-state index contributed by atoms with van der Waals surface area (Å²) in [7, 11) is 3.31. The van der Waals surface area contributed by atoms with Gasteiger partial charge in [0.15, 0.2) is 18.1 Å². The van der Waals surface area contributed by atoms with E-state index in [4.69, 9.17) is 9.47 Å². The molecule has 5 nitrogen and oxygen atoms in total. The number of anilines is 1. The molecule has 0 aliphatic rings. The van der Waals surface area contributed by atoms with Gasteiger partial charge in [-0.1, -0.05) is 6.07 Å². The molecule has 0 radical (unpaired) electrons. The molecule has 0 fully saturated rings. The Balaban J connectivity index is 2.06. The molecule has 0 saturated carbocycles. The van der Waals surface area contributed by atoms with E-state index >= 15 is 0 Å². The van der Waals surface area contributed by atoms with Gasteiger partial charge in [0.25, 0.3) is 5.91 Å². The Labute approximate surface area is 168 Å². The number of nitrogens with one attached hydrogen (secondary N) is 2. The highest BCUT2D eigenvalue weighted by molar-refractivity contribution is 14.1. The SMILES string of the molecule is CNCc1cc(I)c(OCC(=O)Nc2cccc(C(F)(F)F)c2)c(OC)c1. The zero-order chi connectivity index (χ0) is 20.0. The van der Waals surface area contributed by atoms with Crippen LogP contribution in [0.4, 0.5) is 18.9 Å². The van der Waals surface area contributed by atoms with Crippen molar-refractivity contribution in [1.82, 2.24) is 5.32 Å². The fourth-order valence-corrected chi connectivity index (χ4v) is 3.15. The van der Waals surface area contributed by atoms with Crippen molar-refractivity contribution >= 4 is 34.2 Å². The third kappa shape index (κ3) is 5.99. The highest BCUT2D eigenvalue weighted by atomic mass is 127. The average Bonchev–Trinajstić information content (AvgIpc) is 2.60. The summed E-state index contributed by atoms with van der Waals surface area (Å²) in [6.07, 6.45) is -4.48. The van der Waals surface area contributed by atoms with Crippen molar-refractivity contribution in [3.05, 3.63) is 51.1 Å². The Bertz CT molecular complexity index is 813. The molecule has 2 N–H and O–H groups in total. The van der Waals surface area contributed by atoms with E-state index in [2.05, 4.69) is 33.2 Å². The maximum absolute atomic E-state index is 12.7. The van der Waals surface area contributed by atoms with Crippen molar-refractivity contribution in [2.24, 2.45) is 0 Å². The first-order valence-electron chi connectivity index (χ1n) is 7.85. The Morgan fingerprint density at radius 3 is 2.59 bits per heavy atom. The molecule has 0 heterocycles. The summed E-state index contributed by atoms with van der Waals surface area (Å²) < 4.78 is 49.8. The van der Waals surface area contributed by atoms with Crippen molar-refractivity contribution in [3.63, 3.8) is 0 Å². The normalized spacial score (nSPS) is 11.2. The zero-order valence-electron chi connectivity index (χ0n) is 14.6.